The van der Waals surface area contributed by atoms with E-state index in [-0.39, 0.29) is 29.6 Å². The Morgan fingerprint density at radius 2 is 1.78 bits per heavy atom. The molecule has 6 nitrogen and oxygen atoms in total. The second kappa shape index (κ2) is 9.53. The molecule has 0 bridgehead atoms. The Hall–Kier alpha value is -2.37. The summed E-state index contributed by atoms with van der Waals surface area (Å²) in [5.74, 6) is -0.0542. The van der Waals surface area contributed by atoms with Gasteiger partial charge in [0.25, 0.3) is 5.91 Å². The van der Waals surface area contributed by atoms with Crippen molar-refractivity contribution in [3.05, 3.63) is 35.4 Å². The zero-order valence-electron chi connectivity index (χ0n) is 16.6. The van der Waals surface area contributed by atoms with Gasteiger partial charge in [-0.25, -0.2) is 0 Å². The van der Waals surface area contributed by atoms with Crippen LogP contribution in [0, 0.1) is 0 Å². The molecule has 1 saturated heterocycles. The molecule has 148 valence electrons. The van der Waals surface area contributed by atoms with Crippen LogP contribution >= 0.6 is 0 Å². The van der Waals surface area contributed by atoms with Crippen LogP contribution in [0.5, 0.6) is 0 Å². The normalized spacial score (nSPS) is 14.3. The first-order valence-electron chi connectivity index (χ1n) is 9.70. The number of amides is 3. The van der Waals surface area contributed by atoms with Crippen molar-refractivity contribution in [2.75, 3.05) is 26.2 Å². The number of carbonyl (C=O) groups excluding carboxylic acids is 3. The van der Waals surface area contributed by atoms with Gasteiger partial charge in [-0.05, 0) is 36.0 Å². The summed E-state index contributed by atoms with van der Waals surface area (Å²) in [6.45, 7) is 8.76. The molecule has 1 heterocycles. The summed E-state index contributed by atoms with van der Waals surface area (Å²) < 4.78 is 0. The first-order valence-corrected chi connectivity index (χ1v) is 9.70. The maximum absolute atomic E-state index is 12.1. The van der Waals surface area contributed by atoms with E-state index < -0.39 is 0 Å². The average Bonchev–Trinajstić information content (AvgIpc) is 3.03. The number of rotatable bonds is 8. The first kappa shape index (κ1) is 20.9. The summed E-state index contributed by atoms with van der Waals surface area (Å²) in [7, 11) is 0. The van der Waals surface area contributed by atoms with Crippen molar-refractivity contribution in [3.63, 3.8) is 0 Å². The van der Waals surface area contributed by atoms with Gasteiger partial charge in [0.15, 0.2) is 0 Å². The van der Waals surface area contributed by atoms with Crippen LogP contribution < -0.4 is 10.6 Å². The lowest BCUT2D eigenvalue weighted by Gasteiger charge is -2.19. The molecule has 2 N–H and O–H groups in total. The second-order valence-electron chi connectivity index (χ2n) is 8.02. The Balaban J connectivity index is 1.61. The van der Waals surface area contributed by atoms with Crippen molar-refractivity contribution in [3.8, 4) is 0 Å². The van der Waals surface area contributed by atoms with Crippen molar-refractivity contribution in [1.29, 1.82) is 0 Å². The maximum atomic E-state index is 12.1. The Bertz CT molecular complexity index is 662. The molecule has 1 aromatic carbocycles. The topological polar surface area (TPSA) is 78.5 Å². The number of hydrogen-bond acceptors (Lipinski definition) is 3. The predicted octanol–water partition coefficient (Wildman–Crippen LogP) is 2.23. The molecular formula is C21H31N3O3. The Morgan fingerprint density at radius 3 is 2.37 bits per heavy atom. The molecule has 6 heteroatoms. The number of nitrogens with one attached hydrogen (secondary N) is 2. The molecule has 0 atom stereocenters. The largest absolute Gasteiger partial charge is 0.356 e. The highest BCUT2D eigenvalue weighted by Crippen LogP contribution is 2.22. The SMILES string of the molecule is CC(C)(C)c1ccc(C(=O)NCCC(=O)NCCCN2CCCC2=O)cc1. The van der Waals surface area contributed by atoms with E-state index >= 15 is 0 Å². The van der Waals surface area contributed by atoms with E-state index in [9.17, 15) is 14.4 Å². The van der Waals surface area contributed by atoms with E-state index in [0.29, 0.717) is 31.6 Å². The Morgan fingerprint density at radius 1 is 1.07 bits per heavy atom. The van der Waals surface area contributed by atoms with Crippen LogP contribution in [0.4, 0.5) is 0 Å². The third-order valence-corrected chi connectivity index (χ3v) is 4.75. The molecule has 0 aromatic heterocycles. The van der Waals surface area contributed by atoms with Crippen LogP contribution in [-0.2, 0) is 15.0 Å². The molecule has 1 aliphatic rings. The van der Waals surface area contributed by atoms with Gasteiger partial charge in [-0.2, -0.15) is 0 Å². The number of nitrogens with zero attached hydrogens (tertiary/aromatic N) is 1. The van der Waals surface area contributed by atoms with Crippen LogP contribution in [0.1, 0.15) is 62.4 Å². The minimum atomic E-state index is -0.171. The molecule has 0 unspecified atom stereocenters. The maximum Gasteiger partial charge on any atom is 0.251 e. The van der Waals surface area contributed by atoms with Gasteiger partial charge < -0.3 is 15.5 Å². The fourth-order valence-electron chi connectivity index (χ4n) is 3.04. The summed E-state index contributed by atoms with van der Waals surface area (Å²) in [6, 6.07) is 7.56. The third kappa shape index (κ3) is 6.70. The van der Waals surface area contributed by atoms with E-state index in [1.807, 2.05) is 29.2 Å². The van der Waals surface area contributed by atoms with E-state index in [4.69, 9.17) is 0 Å². The highest BCUT2D eigenvalue weighted by molar-refractivity contribution is 5.94. The number of likely N-dealkylation sites (tertiary alicyclic amines) is 1. The minimum absolute atomic E-state index is 0.0508. The van der Waals surface area contributed by atoms with E-state index in [2.05, 4.69) is 31.4 Å². The fourth-order valence-corrected chi connectivity index (χ4v) is 3.04. The predicted molar refractivity (Wildman–Crippen MR) is 106 cm³/mol. The molecule has 1 aromatic rings. The van der Waals surface area contributed by atoms with E-state index in [1.165, 1.54) is 5.56 Å². The zero-order valence-corrected chi connectivity index (χ0v) is 16.6. The fraction of sp³-hybridized carbons (Fsp3) is 0.571. The number of hydrogen-bond donors (Lipinski definition) is 2. The molecule has 0 saturated carbocycles. The van der Waals surface area contributed by atoms with Gasteiger partial charge in [0.05, 0.1) is 0 Å². The van der Waals surface area contributed by atoms with Crippen LogP contribution in [0.3, 0.4) is 0 Å². The quantitative estimate of drug-likeness (QED) is 0.686. The average molecular weight is 373 g/mol. The summed E-state index contributed by atoms with van der Waals surface area (Å²) in [5.41, 5.74) is 1.82. The van der Waals surface area contributed by atoms with Crippen molar-refractivity contribution >= 4 is 17.7 Å². The zero-order chi connectivity index (χ0) is 19.9. The van der Waals surface area contributed by atoms with Crippen LogP contribution in [-0.4, -0.2) is 48.8 Å². The smallest absolute Gasteiger partial charge is 0.251 e. The Kier molecular flexibility index (Phi) is 7.39. The molecule has 1 aliphatic heterocycles. The van der Waals surface area contributed by atoms with Gasteiger partial charge in [0, 0.05) is 44.6 Å². The van der Waals surface area contributed by atoms with Gasteiger partial charge in [0.2, 0.25) is 11.8 Å². The van der Waals surface area contributed by atoms with Crippen molar-refractivity contribution in [2.24, 2.45) is 0 Å². The minimum Gasteiger partial charge on any atom is -0.356 e. The molecule has 2 rings (SSSR count). The Labute approximate surface area is 161 Å². The molecular weight excluding hydrogens is 342 g/mol. The molecule has 0 spiro atoms. The summed E-state index contributed by atoms with van der Waals surface area (Å²) >= 11 is 0. The third-order valence-electron chi connectivity index (χ3n) is 4.75. The van der Waals surface area contributed by atoms with Crippen LogP contribution in [0.2, 0.25) is 0 Å². The number of benzene rings is 1. The molecule has 0 radical (unpaired) electrons. The lowest BCUT2D eigenvalue weighted by molar-refractivity contribution is -0.127. The summed E-state index contributed by atoms with van der Waals surface area (Å²) in [4.78, 5) is 37.3. The van der Waals surface area contributed by atoms with E-state index in [1.54, 1.807) is 0 Å². The lowest BCUT2D eigenvalue weighted by Crippen LogP contribution is -2.33. The molecule has 1 fully saturated rings. The molecule has 3 amide bonds. The second-order valence-corrected chi connectivity index (χ2v) is 8.02. The van der Waals surface area contributed by atoms with Crippen molar-refractivity contribution in [1.82, 2.24) is 15.5 Å². The number of carbonyl (C=O) groups is 3. The van der Waals surface area contributed by atoms with Crippen molar-refractivity contribution in [2.45, 2.75) is 51.9 Å². The monoisotopic (exact) mass is 373 g/mol. The molecule has 27 heavy (non-hydrogen) atoms. The highest BCUT2D eigenvalue weighted by atomic mass is 16.2. The van der Waals surface area contributed by atoms with Gasteiger partial charge in [-0.1, -0.05) is 32.9 Å². The summed E-state index contributed by atoms with van der Waals surface area (Å²) in [5, 5.41) is 5.61. The lowest BCUT2D eigenvalue weighted by atomic mass is 9.87. The van der Waals surface area contributed by atoms with Crippen LogP contribution in [0.25, 0.3) is 0 Å². The van der Waals surface area contributed by atoms with E-state index in [0.717, 1.165) is 19.4 Å². The van der Waals surface area contributed by atoms with Gasteiger partial charge in [-0.3, -0.25) is 14.4 Å². The summed E-state index contributed by atoms with van der Waals surface area (Å²) in [6.07, 6.45) is 2.58. The standard InChI is InChI=1S/C21H31N3O3/c1-21(2,3)17-9-7-16(8-10-17)20(27)23-13-11-18(25)22-12-5-15-24-14-4-6-19(24)26/h7-10H,4-6,11-15H2,1-3H3,(H,22,25)(H,23,27). The van der Waals surface area contributed by atoms with Crippen LogP contribution in [0.15, 0.2) is 24.3 Å². The van der Waals surface area contributed by atoms with Crippen molar-refractivity contribution < 1.29 is 14.4 Å². The first-order chi connectivity index (χ1) is 12.8. The molecule has 0 aliphatic carbocycles. The van der Waals surface area contributed by atoms with Gasteiger partial charge in [-0.15, -0.1) is 0 Å². The highest BCUT2D eigenvalue weighted by Gasteiger charge is 2.19. The van der Waals surface area contributed by atoms with Gasteiger partial charge >= 0.3 is 0 Å². The van der Waals surface area contributed by atoms with Gasteiger partial charge in [0.1, 0.15) is 0 Å².